The monoisotopic (exact) mass is 315 g/mol. The van der Waals surface area contributed by atoms with E-state index in [-0.39, 0.29) is 10.6 Å². The Morgan fingerprint density at radius 3 is 2.61 bits per heavy atom. The molecule has 6 heteroatoms. The molecule has 0 radical (unpaired) electrons. The van der Waals surface area contributed by atoms with Crippen molar-refractivity contribution in [3.05, 3.63) is 32.3 Å². The molecular formula is C12H18BrN3O2. The lowest BCUT2D eigenvalue weighted by Gasteiger charge is -2.12. The Labute approximate surface area is 115 Å². The van der Waals surface area contributed by atoms with Crippen LogP contribution in [-0.4, -0.2) is 24.1 Å². The molecule has 0 aliphatic heterocycles. The van der Waals surface area contributed by atoms with Gasteiger partial charge in [-0.3, -0.25) is 10.1 Å². The summed E-state index contributed by atoms with van der Waals surface area (Å²) < 4.78 is 0.712. The van der Waals surface area contributed by atoms with Gasteiger partial charge in [-0.15, -0.1) is 0 Å². The molecule has 0 fully saturated rings. The molecule has 1 aromatic rings. The van der Waals surface area contributed by atoms with Gasteiger partial charge in [-0.1, -0.05) is 13.8 Å². The van der Waals surface area contributed by atoms with Crippen LogP contribution in [0.15, 0.2) is 16.6 Å². The first-order valence-electron chi connectivity index (χ1n) is 5.83. The van der Waals surface area contributed by atoms with Gasteiger partial charge in [0.05, 0.1) is 4.92 Å². The van der Waals surface area contributed by atoms with E-state index in [4.69, 9.17) is 0 Å². The second kappa shape index (κ2) is 6.70. The lowest BCUT2D eigenvalue weighted by molar-refractivity contribution is -0.385. The number of anilines is 1. The molecule has 1 aromatic carbocycles. The van der Waals surface area contributed by atoms with Gasteiger partial charge in [0.25, 0.3) is 5.69 Å². The van der Waals surface area contributed by atoms with E-state index in [1.807, 2.05) is 0 Å². The fourth-order valence-corrected chi connectivity index (χ4v) is 2.03. The normalized spacial score (nSPS) is 10.7. The molecule has 0 bridgehead atoms. The maximum absolute atomic E-state index is 10.8. The lowest BCUT2D eigenvalue weighted by Crippen LogP contribution is -2.28. The van der Waals surface area contributed by atoms with E-state index in [2.05, 4.69) is 40.4 Å². The highest BCUT2D eigenvalue weighted by Gasteiger charge is 2.13. The van der Waals surface area contributed by atoms with Crippen LogP contribution in [-0.2, 0) is 0 Å². The van der Waals surface area contributed by atoms with E-state index in [1.54, 1.807) is 13.0 Å². The Kier molecular flexibility index (Phi) is 5.55. The molecule has 0 spiro atoms. The molecule has 0 aromatic heterocycles. The predicted octanol–water partition coefficient (Wildman–Crippen LogP) is 3.08. The summed E-state index contributed by atoms with van der Waals surface area (Å²) in [6.07, 6.45) is 0. The molecule has 0 aliphatic rings. The summed E-state index contributed by atoms with van der Waals surface area (Å²) in [6, 6.07) is 3.78. The van der Waals surface area contributed by atoms with Crippen molar-refractivity contribution < 1.29 is 4.92 Å². The number of halogens is 1. The second-order valence-electron chi connectivity index (χ2n) is 4.41. The van der Waals surface area contributed by atoms with Crippen LogP contribution in [0, 0.1) is 17.0 Å². The largest absolute Gasteiger partial charge is 0.383 e. The van der Waals surface area contributed by atoms with Crippen molar-refractivity contribution >= 4 is 27.3 Å². The van der Waals surface area contributed by atoms with E-state index in [9.17, 15) is 10.1 Å². The number of nitro benzene ring substituents is 1. The van der Waals surface area contributed by atoms with Gasteiger partial charge in [0.1, 0.15) is 0 Å². The zero-order valence-corrected chi connectivity index (χ0v) is 12.4. The summed E-state index contributed by atoms with van der Waals surface area (Å²) in [5.74, 6) is 0. The van der Waals surface area contributed by atoms with Gasteiger partial charge in [-0.2, -0.15) is 0 Å². The summed E-state index contributed by atoms with van der Waals surface area (Å²) >= 11 is 3.34. The minimum Gasteiger partial charge on any atom is -0.383 e. The van der Waals surface area contributed by atoms with E-state index in [0.717, 1.165) is 18.8 Å². The van der Waals surface area contributed by atoms with Crippen molar-refractivity contribution in [3.8, 4) is 0 Å². The van der Waals surface area contributed by atoms with Crippen LogP contribution in [0.1, 0.15) is 19.4 Å². The maximum atomic E-state index is 10.8. The summed E-state index contributed by atoms with van der Waals surface area (Å²) in [7, 11) is 0. The third kappa shape index (κ3) is 4.27. The zero-order chi connectivity index (χ0) is 13.7. The molecule has 0 atom stereocenters. The van der Waals surface area contributed by atoms with Crippen LogP contribution in [0.5, 0.6) is 0 Å². The van der Waals surface area contributed by atoms with Crippen molar-refractivity contribution in [3.63, 3.8) is 0 Å². The number of benzene rings is 1. The SMILES string of the molecule is Cc1cc(NCCNC(C)C)c(Br)cc1[N+](=O)[O-]. The average Bonchev–Trinajstić information content (AvgIpc) is 2.27. The molecule has 1 rings (SSSR count). The van der Waals surface area contributed by atoms with E-state index in [1.165, 1.54) is 6.07 Å². The van der Waals surface area contributed by atoms with Crippen molar-refractivity contribution in [1.29, 1.82) is 0 Å². The summed E-state index contributed by atoms with van der Waals surface area (Å²) in [5, 5.41) is 17.3. The number of hydrogen-bond acceptors (Lipinski definition) is 4. The van der Waals surface area contributed by atoms with Crippen molar-refractivity contribution in [2.45, 2.75) is 26.8 Å². The smallest absolute Gasteiger partial charge is 0.273 e. The highest BCUT2D eigenvalue weighted by molar-refractivity contribution is 9.10. The van der Waals surface area contributed by atoms with Gasteiger partial charge in [0.2, 0.25) is 0 Å². The third-order valence-corrected chi connectivity index (χ3v) is 3.13. The topological polar surface area (TPSA) is 67.2 Å². The highest BCUT2D eigenvalue weighted by atomic mass is 79.9. The summed E-state index contributed by atoms with van der Waals surface area (Å²) in [4.78, 5) is 10.4. The summed E-state index contributed by atoms with van der Waals surface area (Å²) in [5.41, 5.74) is 1.67. The van der Waals surface area contributed by atoms with Gasteiger partial charge in [0.15, 0.2) is 0 Å². The first-order chi connectivity index (χ1) is 8.41. The standard InChI is InChI=1S/C12H18BrN3O2/c1-8(2)14-4-5-15-11-6-9(3)12(16(17)18)7-10(11)13/h6-8,14-15H,4-5H2,1-3H3. The number of rotatable bonds is 6. The minimum absolute atomic E-state index is 0.132. The van der Waals surface area contributed by atoms with Gasteiger partial charge in [0, 0.05) is 40.9 Å². The molecular weight excluding hydrogens is 298 g/mol. The van der Waals surface area contributed by atoms with Crippen molar-refractivity contribution in [2.24, 2.45) is 0 Å². The minimum atomic E-state index is -0.371. The maximum Gasteiger partial charge on any atom is 0.273 e. The molecule has 0 saturated heterocycles. The Balaban J connectivity index is 2.67. The van der Waals surface area contributed by atoms with Crippen LogP contribution in [0.3, 0.4) is 0 Å². The molecule has 2 N–H and O–H groups in total. The van der Waals surface area contributed by atoms with Gasteiger partial charge < -0.3 is 10.6 Å². The van der Waals surface area contributed by atoms with Gasteiger partial charge >= 0.3 is 0 Å². The van der Waals surface area contributed by atoms with Gasteiger partial charge in [-0.05, 0) is 28.9 Å². The number of nitrogens with zero attached hydrogens (tertiary/aromatic N) is 1. The van der Waals surface area contributed by atoms with E-state index in [0.29, 0.717) is 16.1 Å². The molecule has 18 heavy (non-hydrogen) atoms. The second-order valence-corrected chi connectivity index (χ2v) is 5.27. The third-order valence-electron chi connectivity index (χ3n) is 2.48. The number of hydrogen-bond donors (Lipinski definition) is 2. The Hall–Kier alpha value is -1.14. The van der Waals surface area contributed by atoms with Crippen LogP contribution in [0.2, 0.25) is 0 Å². The number of aryl methyl sites for hydroxylation is 1. The van der Waals surface area contributed by atoms with E-state index >= 15 is 0 Å². The molecule has 100 valence electrons. The number of nitro groups is 1. The van der Waals surface area contributed by atoms with E-state index < -0.39 is 0 Å². The fourth-order valence-electron chi connectivity index (χ4n) is 1.56. The fraction of sp³-hybridized carbons (Fsp3) is 0.500. The Morgan fingerprint density at radius 2 is 2.06 bits per heavy atom. The molecule has 5 nitrogen and oxygen atoms in total. The van der Waals surface area contributed by atoms with Crippen LogP contribution < -0.4 is 10.6 Å². The van der Waals surface area contributed by atoms with Crippen molar-refractivity contribution in [1.82, 2.24) is 5.32 Å². The van der Waals surface area contributed by atoms with Gasteiger partial charge in [-0.25, -0.2) is 0 Å². The van der Waals surface area contributed by atoms with Crippen LogP contribution >= 0.6 is 15.9 Å². The molecule has 0 heterocycles. The van der Waals surface area contributed by atoms with Crippen LogP contribution in [0.25, 0.3) is 0 Å². The first kappa shape index (κ1) is 14.9. The molecule has 0 amide bonds. The zero-order valence-electron chi connectivity index (χ0n) is 10.8. The average molecular weight is 316 g/mol. The Morgan fingerprint density at radius 1 is 1.39 bits per heavy atom. The Bertz CT molecular complexity index is 436. The van der Waals surface area contributed by atoms with Crippen molar-refractivity contribution in [2.75, 3.05) is 18.4 Å². The molecule has 0 unspecified atom stereocenters. The quantitative estimate of drug-likeness (QED) is 0.481. The highest BCUT2D eigenvalue weighted by Crippen LogP contribution is 2.30. The number of nitrogens with one attached hydrogen (secondary N) is 2. The first-order valence-corrected chi connectivity index (χ1v) is 6.63. The van der Waals surface area contributed by atoms with Crippen LogP contribution in [0.4, 0.5) is 11.4 Å². The summed E-state index contributed by atoms with van der Waals surface area (Å²) in [6.45, 7) is 7.54. The predicted molar refractivity (Wildman–Crippen MR) is 77.2 cm³/mol. The molecule has 0 aliphatic carbocycles. The lowest BCUT2D eigenvalue weighted by atomic mass is 10.2. The molecule has 0 saturated carbocycles.